The van der Waals surface area contributed by atoms with Crippen LogP contribution in [0.3, 0.4) is 0 Å². The summed E-state index contributed by atoms with van der Waals surface area (Å²) < 4.78 is 0. The molecule has 0 unspecified atom stereocenters. The Balaban J connectivity index is 1.80. The Morgan fingerprint density at radius 2 is 1.64 bits per heavy atom. The number of amides is 2. The lowest BCUT2D eigenvalue weighted by Crippen LogP contribution is -2.31. The van der Waals surface area contributed by atoms with Gasteiger partial charge in [-0.2, -0.15) is 0 Å². The van der Waals surface area contributed by atoms with Crippen LogP contribution in [0.15, 0.2) is 72.9 Å². The molecule has 0 aliphatic carbocycles. The lowest BCUT2D eigenvalue weighted by Gasteiger charge is -2.20. The predicted molar refractivity (Wildman–Crippen MR) is 112 cm³/mol. The molecule has 0 aliphatic rings. The Morgan fingerprint density at radius 3 is 2.36 bits per heavy atom. The van der Waals surface area contributed by atoms with Gasteiger partial charge in [-0.25, -0.2) is 0 Å². The summed E-state index contributed by atoms with van der Waals surface area (Å²) in [6, 6.07) is 20.4. The largest absolute Gasteiger partial charge is 0.355 e. The molecule has 1 heterocycles. The van der Waals surface area contributed by atoms with Crippen LogP contribution in [0.2, 0.25) is 0 Å². The smallest absolute Gasteiger partial charge is 0.276 e. The molecular formula is C22H22N4O2. The zero-order chi connectivity index (χ0) is 19.9. The van der Waals surface area contributed by atoms with E-state index in [1.165, 1.54) is 6.92 Å². The molecule has 0 aliphatic heterocycles. The van der Waals surface area contributed by atoms with E-state index in [-0.39, 0.29) is 11.8 Å². The lowest BCUT2D eigenvalue weighted by molar-refractivity contribution is -0.114. The molecule has 6 heteroatoms. The number of benzene rings is 2. The van der Waals surface area contributed by atoms with E-state index in [1.54, 1.807) is 23.2 Å². The maximum Gasteiger partial charge on any atom is 0.276 e. The van der Waals surface area contributed by atoms with Crippen LogP contribution in [0.1, 0.15) is 24.3 Å². The third-order valence-electron chi connectivity index (χ3n) is 4.08. The average molecular weight is 374 g/mol. The maximum absolute atomic E-state index is 12.9. The van der Waals surface area contributed by atoms with E-state index < -0.39 is 0 Å². The SMILES string of the molecule is CCN(C(=O)c1cc(Nc2cccc(NC(C)=O)c2)ccn1)c1ccccc1. The van der Waals surface area contributed by atoms with E-state index in [0.29, 0.717) is 17.9 Å². The van der Waals surface area contributed by atoms with Gasteiger partial charge in [-0.3, -0.25) is 14.6 Å². The van der Waals surface area contributed by atoms with Crippen LogP contribution < -0.4 is 15.5 Å². The highest BCUT2D eigenvalue weighted by atomic mass is 16.2. The van der Waals surface area contributed by atoms with Gasteiger partial charge in [0.1, 0.15) is 5.69 Å². The fraction of sp³-hybridized carbons (Fsp3) is 0.136. The number of aromatic nitrogens is 1. The minimum absolute atomic E-state index is 0.130. The standard InChI is InChI=1S/C22H22N4O2/c1-3-26(20-10-5-4-6-11-20)22(28)21-15-19(12-13-23-21)25-18-9-7-8-17(14-18)24-16(2)27/h4-15H,3H2,1-2H3,(H,23,25)(H,24,27). The highest BCUT2D eigenvalue weighted by Gasteiger charge is 2.17. The van der Waals surface area contributed by atoms with Crippen molar-refractivity contribution in [3.8, 4) is 0 Å². The number of nitrogens with zero attached hydrogens (tertiary/aromatic N) is 2. The number of para-hydroxylation sites is 1. The molecule has 0 spiro atoms. The van der Waals surface area contributed by atoms with Crippen LogP contribution in [-0.2, 0) is 4.79 Å². The second-order valence-electron chi connectivity index (χ2n) is 6.20. The number of pyridine rings is 1. The monoisotopic (exact) mass is 374 g/mol. The number of anilines is 4. The van der Waals surface area contributed by atoms with Crippen molar-refractivity contribution < 1.29 is 9.59 Å². The summed E-state index contributed by atoms with van der Waals surface area (Å²) in [6.45, 7) is 3.94. The number of carbonyl (C=O) groups is 2. The van der Waals surface area contributed by atoms with Crippen molar-refractivity contribution >= 4 is 34.6 Å². The Kier molecular flexibility index (Phi) is 6.01. The third kappa shape index (κ3) is 4.73. The van der Waals surface area contributed by atoms with E-state index in [1.807, 2.05) is 61.5 Å². The van der Waals surface area contributed by atoms with Crippen molar-refractivity contribution in [2.45, 2.75) is 13.8 Å². The number of nitrogens with one attached hydrogen (secondary N) is 2. The van der Waals surface area contributed by atoms with Crippen molar-refractivity contribution in [2.75, 3.05) is 22.1 Å². The first-order valence-electron chi connectivity index (χ1n) is 9.04. The van der Waals surface area contributed by atoms with E-state index in [4.69, 9.17) is 0 Å². The minimum Gasteiger partial charge on any atom is -0.355 e. The van der Waals surface area contributed by atoms with Gasteiger partial charge >= 0.3 is 0 Å². The second-order valence-corrected chi connectivity index (χ2v) is 6.20. The second kappa shape index (κ2) is 8.81. The number of rotatable bonds is 6. The molecule has 0 fully saturated rings. The first kappa shape index (κ1) is 19.1. The van der Waals surface area contributed by atoms with E-state index in [0.717, 1.165) is 17.1 Å². The molecule has 3 rings (SSSR count). The van der Waals surface area contributed by atoms with E-state index in [2.05, 4.69) is 15.6 Å². The zero-order valence-electron chi connectivity index (χ0n) is 15.8. The number of hydrogen-bond acceptors (Lipinski definition) is 4. The van der Waals surface area contributed by atoms with Gasteiger partial charge in [-0.15, -0.1) is 0 Å². The molecule has 1 aromatic heterocycles. The van der Waals surface area contributed by atoms with E-state index >= 15 is 0 Å². The molecule has 28 heavy (non-hydrogen) atoms. The highest BCUT2D eigenvalue weighted by molar-refractivity contribution is 6.05. The molecular weight excluding hydrogens is 352 g/mol. The predicted octanol–water partition coefficient (Wildman–Crippen LogP) is 4.45. The van der Waals surface area contributed by atoms with Crippen LogP contribution in [0.4, 0.5) is 22.7 Å². The minimum atomic E-state index is -0.163. The molecule has 0 atom stereocenters. The molecule has 0 saturated heterocycles. The fourth-order valence-corrected chi connectivity index (χ4v) is 2.86. The van der Waals surface area contributed by atoms with Gasteiger partial charge in [0.25, 0.3) is 5.91 Å². The van der Waals surface area contributed by atoms with Gasteiger partial charge in [-0.05, 0) is 49.4 Å². The van der Waals surface area contributed by atoms with Gasteiger partial charge in [0.15, 0.2) is 0 Å². The van der Waals surface area contributed by atoms with Gasteiger partial charge in [0.2, 0.25) is 5.91 Å². The van der Waals surface area contributed by atoms with Crippen molar-refractivity contribution in [1.29, 1.82) is 0 Å². The first-order valence-corrected chi connectivity index (χ1v) is 9.04. The van der Waals surface area contributed by atoms with Crippen molar-refractivity contribution in [2.24, 2.45) is 0 Å². The number of carbonyl (C=O) groups excluding carboxylic acids is 2. The van der Waals surface area contributed by atoms with E-state index in [9.17, 15) is 9.59 Å². The summed E-state index contributed by atoms with van der Waals surface area (Å²) in [5, 5.41) is 6.00. The molecule has 142 valence electrons. The Hall–Kier alpha value is -3.67. The zero-order valence-corrected chi connectivity index (χ0v) is 15.8. The van der Waals surface area contributed by atoms with Gasteiger partial charge in [-0.1, -0.05) is 24.3 Å². The quantitative estimate of drug-likeness (QED) is 0.668. The van der Waals surface area contributed by atoms with Crippen molar-refractivity contribution in [3.63, 3.8) is 0 Å². The topological polar surface area (TPSA) is 74.3 Å². The Bertz CT molecular complexity index is 973. The molecule has 3 aromatic rings. The van der Waals surface area contributed by atoms with Gasteiger partial charge in [0, 0.05) is 42.4 Å². The highest BCUT2D eigenvalue weighted by Crippen LogP contribution is 2.22. The van der Waals surface area contributed by atoms with Gasteiger partial charge in [0.05, 0.1) is 0 Å². The summed E-state index contributed by atoms with van der Waals surface area (Å²) in [5.41, 5.74) is 3.42. The van der Waals surface area contributed by atoms with Crippen LogP contribution >= 0.6 is 0 Å². The molecule has 6 nitrogen and oxygen atoms in total. The molecule has 2 amide bonds. The molecule has 0 saturated carbocycles. The summed E-state index contributed by atoms with van der Waals surface area (Å²) in [5.74, 6) is -0.293. The normalized spacial score (nSPS) is 10.2. The van der Waals surface area contributed by atoms with Crippen LogP contribution in [0.25, 0.3) is 0 Å². The van der Waals surface area contributed by atoms with Crippen molar-refractivity contribution in [3.05, 3.63) is 78.6 Å². The van der Waals surface area contributed by atoms with Crippen LogP contribution in [0.5, 0.6) is 0 Å². The summed E-state index contributed by atoms with van der Waals surface area (Å²) >= 11 is 0. The number of hydrogen-bond donors (Lipinski definition) is 2. The van der Waals surface area contributed by atoms with Crippen molar-refractivity contribution in [1.82, 2.24) is 4.98 Å². The molecule has 0 radical (unpaired) electrons. The summed E-state index contributed by atoms with van der Waals surface area (Å²) in [4.78, 5) is 30.1. The Labute approximate surface area is 164 Å². The summed E-state index contributed by atoms with van der Waals surface area (Å²) in [7, 11) is 0. The summed E-state index contributed by atoms with van der Waals surface area (Å²) in [6.07, 6.45) is 1.60. The maximum atomic E-state index is 12.9. The average Bonchev–Trinajstić information content (AvgIpc) is 2.69. The molecule has 2 aromatic carbocycles. The lowest BCUT2D eigenvalue weighted by atomic mass is 10.2. The Morgan fingerprint density at radius 1 is 0.929 bits per heavy atom. The molecule has 0 bridgehead atoms. The fourth-order valence-electron chi connectivity index (χ4n) is 2.86. The first-order chi connectivity index (χ1) is 13.6. The van der Waals surface area contributed by atoms with Gasteiger partial charge < -0.3 is 15.5 Å². The van der Waals surface area contributed by atoms with Crippen LogP contribution in [-0.4, -0.2) is 23.3 Å². The third-order valence-corrected chi connectivity index (χ3v) is 4.08. The molecule has 2 N–H and O–H groups in total. The van der Waals surface area contributed by atoms with Crippen LogP contribution in [0, 0.1) is 0 Å².